The van der Waals surface area contributed by atoms with Gasteiger partial charge in [0.15, 0.2) is 11.5 Å². The molecule has 1 fully saturated rings. The third-order valence-corrected chi connectivity index (χ3v) is 7.21. The molecule has 1 aromatic carbocycles. The van der Waals surface area contributed by atoms with Gasteiger partial charge in [-0.3, -0.25) is 9.20 Å². The first-order valence-corrected chi connectivity index (χ1v) is 13.1. The molecule has 2 aromatic heterocycles. The summed E-state index contributed by atoms with van der Waals surface area (Å²) >= 11 is 0. The standard InChI is InChI=1S/C28H34FN7O2/c1-18-16-20(4-5-21(18)28(38)32-8-3-12-35-13-9-30-10-14-35)34-26-27-33-17-23(36(27)15-11-31-26)22-6-7-24(37)19(2)25(22)29/h4-7,11,15-17,19,24,30,37H,3,8-10,12-14H2,1-2H3,(H,31,34)(H,32,38). The lowest BCUT2D eigenvalue weighted by molar-refractivity contribution is 0.0950. The molecule has 3 heterocycles. The van der Waals surface area contributed by atoms with Crippen LogP contribution in [0.25, 0.3) is 11.2 Å². The minimum Gasteiger partial charge on any atom is -0.388 e. The molecule has 1 aliphatic carbocycles. The number of allylic oxidation sites excluding steroid dienone is 2. The zero-order valence-electron chi connectivity index (χ0n) is 21.7. The molecule has 9 nitrogen and oxygen atoms in total. The number of halogens is 1. The minimum atomic E-state index is -0.845. The smallest absolute Gasteiger partial charge is 0.251 e. The molecular formula is C28H34FN7O2. The van der Waals surface area contributed by atoms with E-state index in [4.69, 9.17) is 0 Å². The Kier molecular flexibility index (Phi) is 7.82. The van der Waals surface area contributed by atoms with Crippen LogP contribution in [0, 0.1) is 12.8 Å². The second-order valence-corrected chi connectivity index (χ2v) is 9.87. The highest BCUT2D eigenvalue weighted by Gasteiger charge is 2.26. The van der Waals surface area contributed by atoms with E-state index in [1.54, 1.807) is 48.1 Å². The van der Waals surface area contributed by atoms with Crippen LogP contribution < -0.4 is 16.0 Å². The number of piperazine rings is 1. The number of aliphatic hydroxyl groups excluding tert-OH is 1. The van der Waals surface area contributed by atoms with E-state index in [-0.39, 0.29) is 11.7 Å². The lowest BCUT2D eigenvalue weighted by Crippen LogP contribution is -2.44. The van der Waals surface area contributed by atoms with E-state index in [0.29, 0.717) is 34.8 Å². The van der Waals surface area contributed by atoms with Crippen molar-refractivity contribution in [1.82, 2.24) is 29.9 Å². The molecule has 38 heavy (non-hydrogen) atoms. The van der Waals surface area contributed by atoms with E-state index in [2.05, 4.69) is 30.8 Å². The Balaban J connectivity index is 1.26. The Morgan fingerprint density at radius 3 is 2.87 bits per heavy atom. The number of imidazole rings is 1. The molecule has 2 unspecified atom stereocenters. The molecule has 0 spiro atoms. The number of aliphatic hydroxyl groups is 1. The van der Waals surface area contributed by atoms with Crippen LogP contribution in [0.1, 0.15) is 35.0 Å². The van der Waals surface area contributed by atoms with Gasteiger partial charge in [-0.1, -0.05) is 19.1 Å². The Morgan fingerprint density at radius 1 is 1.26 bits per heavy atom. The zero-order valence-corrected chi connectivity index (χ0v) is 21.7. The third-order valence-electron chi connectivity index (χ3n) is 7.21. The molecule has 0 bridgehead atoms. The predicted octanol–water partition coefficient (Wildman–Crippen LogP) is 3.05. The Morgan fingerprint density at radius 2 is 2.08 bits per heavy atom. The zero-order chi connectivity index (χ0) is 26.6. The van der Waals surface area contributed by atoms with Crippen molar-refractivity contribution >= 4 is 28.6 Å². The number of aryl methyl sites for hydroxylation is 1. The van der Waals surface area contributed by atoms with Gasteiger partial charge in [0.25, 0.3) is 5.91 Å². The highest BCUT2D eigenvalue weighted by molar-refractivity contribution is 5.96. The summed E-state index contributed by atoms with van der Waals surface area (Å²) in [7, 11) is 0. The summed E-state index contributed by atoms with van der Waals surface area (Å²) < 4.78 is 16.7. The van der Waals surface area contributed by atoms with Crippen LogP contribution in [0.15, 0.2) is 54.8 Å². The molecule has 10 heteroatoms. The number of nitrogens with one attached hydrogen (secondary N) is 3. The molecule has 2 aliphatic rings. The fourth-order valence-electron chi connectivity index (χ4n) is 4.92. The average molecular weight is 520 g/mol. The van der Waals surface area contributed by atoms with Crippen molar-refractivity contribution in [2.75, 3.05) is 44.6 Å². The first-order chi connectivity index (χ1) is 18.4. The maximum absolute atomic E-state index is 14.9. The normalized spacial score (nSPS) is 20.2. The van der Waals surface area contributed by atoms with Crippen molar-refractivity contribution in [3.8, 4) is 0 Å². The van der Waals surface area contributed by atoms with Gasteiger partial charge in [-0.15, -0.1) is 0 Å². The molecule has 0 radical (unpaired) electrons. The fraction of sp³-hybridized carbons (Fsp3) is 0.393. The number of nitrogens with zero attached hydrogens (tertiary/aromatic N) is 4. The highest BCUT2D eigenvalue weighted by atomic mass is 19.1. The first-order valence-electron chi connectivity index (χ1n) is 13.1. The number of carbonyl (C=O) groups excluding carboxylic acids is 1. The SMILES string of the molecule is Cc1cc(Nc2nccn3c(C4=C(F)C(C)C(O)C=C4)cnc23)ccc1C(=O)NCCCN1CCNCC1. The van der Waals surface area contributed by atoms with E-state index in [9.17, 15) is 14.3 Å². The van der Waals surface area contributed by atoms with Gasteiger partial charge in [0.1, 0.15) is 5.83 Å². The molecule has 1 aliphatic heterocycles. The van der Waals surface area contributed by atoms with Crippen LogP contribution in [0.3, 0.4) is 0 Å². The van der Waals surface area contributed by atoms with Gasteiger partial charge in [0.05, 0.1) is 18.0 Å². The predicted molar refractivity (Wildman–Crippen MR) is 146 cm³/mol. The van der Waals surface area contributed by atoms with Crippen molar-refractivity contribution < 1.29 is 14.3 Å². The Hall–Kier alpha value is -3.60. The maximum atomic E-state index is 14.9. The molecule has 3 aromatic rings. The van der Waals surface area contributed by atoms with Gasteiger partial charge < -0.3 is 26.0 Å². The highest BCUT2D eigenvalue weighted by Crippen LogP contribution is 2.33. The monoisotopic (exact) mass is 519 g/mol. The second-order valence-electron chi connectivity index (χ2n) is 9.87. The van der Waals surface area contributed by atoms with Crippen molar-refractivity contribution in [2.45, 2.75) is 26.4 Å². The van der Waals surface area contributed by atoms with Gasteiger partial charge in [-0.25, -0.2) is 14.4 Å². The fourth-order valence-corrected chi connectivity index (χ4v) is 4.92. The molecule has 4 N–H and O–H groups in total. The summed E-state index contributed by atoms with van der Waals surface area (Å²) in [5.74, 6) is -0.563. The number of amides is 1. The van der Waals surface area contributed by atoms with Crippen LogP contribution in [0.2, 0.25) is 0 Å². The topological polar surface area (TPSA) is 107 Å². The summed E-state index contributed by atoms with van der Waals surface area (Å²) in [6.45, 7) is 9.34. The number of anilines is 2. The van der Waals surface area contributed by atoms with Crippen molar-refractivity contribution in [1.29, 1.82) is 0 Å². The quantitative estimate of drug-likeness (QED) is 0.339. The number of benzene rings is 1. The number of hydrogen-bond donors (Lipinski definition) is 4. The van der Waals surface area contributed by atoms with E-state index >= 15 is 0 Å². The van der Waals surface area contributed by atoms with Gasteiger partial charge >= 0.3 is 0 Å². The van der Waals surface area contributed by atoms with Gasteiger partial charge in [-0.2, -0.15) is 0 Å². The number of fused-ring (bicyclic) bond motifs is 1. The Labute approximate surface area is 221 Å². The third kappa shape index (κ3) is 5.47. The van der Waals surface area contributed by atoms with Crippen LogP contribution >= 0.6 is 0 Å². The number of aromatic nitrogens is 3. The van der Waals surface area contributed by atoms with Gasteiger partial charge in [-0.05, 0) is 43.7 Å². The molecule has 2 atom stereocenters. The molecule has 5 rings (SSSR count). The van der Waals surface area contributed by atoms with E-state index < -0.39 is 12.0 Å². The van der Waals surface area contributed by atoms with Crippen molar-refractivity contribution in [2.24, 2.45) is 5.92 Å². The molecule has 200 valence electrons. The minimum absolute atomic E-state index is 0.0809. The summed E-state index contributed by atoms with van der Waals surface area (Å²) in [6, 6.07) is 5.55. The molecular weight excluding hydrogens is 485 g/mol. The molecule has 1 amide bonds. The van der Waals surface area contributed by atoms with Gasteiger partial charge in [0, 0.05) is 67.9 Å². The lowest BCUT2D eigenvalue weighted by Gasteiger charge is -2.27. The second kappa shape index (κ2) is 11.4. The van der Waals surface area contributed by atoms with Crippen LogP contribution in [0.4, 0.5) is 15.9 Å². The number of rotatable bonds is 8. The van der Waals surface area contributed by atoms with Gasteiger partial charge in [0.2, 0.25) is 0 Å². The lowest BCUT2D eigenvalue weighted by atomic mass is 9.92. The van der Waals surface area contributed by atoms with E-state index in [1.807, 2.05) is 19.1 Å². The van der Waals surface area contributed by atoms with E-state index in [1.165, 1.54) is 0 Å². The van der Waals surface area contributed by atoms with Crippen LogP contribution in [-0.2, 0) is 0 Å². The first kappa shape index (κ1) is 26.0. The average Bonchev–Trinajstić information content (AvgIpc) is 3.35. The summed E-state index contributed by atoms with van der Waals surface area (Å²) in [4.78, 5) is 24.1. The molecule has 1 saturated heterocycles. The number of carbonyl (C=O) groups is 1. The summed E-state index contributed by atoms with van der Waals surface area (Å²) in [5.41, 5.74) is 3.76. The number of hydrogen-bond acceptors (Lipinski definition) is 7. The van der Waals surface area contributed by atoms with Crippen molar-refractivity contribution in [3.63, 3.8) is 0 Å². The summed E-state index contributed by atoms with van der Waals surface area (Å²) in [5, 5.41) is 19.6. The largest absolute Gasteiger partial charge is 0.388 e. The summed E-state index contributed by atoms with van der Waals surface area (Å²) in [6.07, 6.45) is 8.22. The van der Waals surface area contributed by atoms with Crippen LogP contribution in [-0.4, -0.2) is 75.7 Å². The Bertz CT molecular complexity index is 1380. The maximum Gasteiger partial charge on any atom is 0.251 e. The van der Waals surface area contributed by atoms with Crippen molar-refractivity contribution in [3.05, 3.63) is 71.6 Å². The molecule has 0 saturated carbocycles. The van der Waals surface area contributed by atoms with Crippen LogP contribution in [0.5, 0.6) is 0 Å². The van der Waals surface area contributed by atoms with E-state index in [0.717, 1.165) is 50.4 Å².